The third kappa shape index (κ3) is 2.87. The molecule has 0 aromatic heterocycles. The molecular weight excluding hydrogens is 322 g/mol. The molecule has 0 saturated carbocycles. The summed E-state index contributed by atoms with van der Waals surface area (Å²) in [5, 5.41) is 17.9. The van der Waals surface area contributed by atoms with Crippen molar-refractivity contribution in [2.24, 2.45) is 0 Å². The van der Waals surface area contributed by atoms with Gasteiger partial charge in [0.15, 0.2) is 0 Å². The lowest BCUT2D eigenvalue weighted by Crippen LogP contribution is -2.40. The van der Waals surface area contributed by atoms with Crippen molar-refractivity contribution in [1.82, 2.24) is 4.31 Å². The Hall–Kier alpha value is -1.64. The number of carbonyl (C=O) groups is 2. The molecule has 9 heteroatoms. The van der Waals surface area contributed by atoms with Crippen LogP contribution in [0.15, 0.2) is 23.1 Å². The molecule has 0 radical (unpaired) electrons. The lowest BCUT2D eigenvalue weighted by molar-refractivity contribution is -0.140. The van der Waals surface area contributed by atoms with Gasteiger partial charge in [-0.05, 0) is 31.0 Å². The zero-order chi connectivity index (χ0) is 15.8. The van der Waals surface area contributed by atoms with Gasteiger partial charge >= 0.3 is 11.9 Å². The minimum atomic E-state index is -4.16. The molecule has 1 aliphatic rings. The smallest absolute Gasteiger partial charge is 0.335 e. The fraction of sp³-hybridized carbons (Fsp3) is 0.333. The van der Waals surface area contributed by atoms with E-state index in [1.54, 1.807) is 0 Å². The molecule has 0 spiro atoms. The number of aromatic carboxylic acids is 1. The number of sulfonamides is 1. The maximum Gasteiger partial charge on any atom is 0.335 e. The van der Waals surface area contributed by atoms with Gasteiger partial charge in [0.2, 0.25) is 10.0 Å². The molecule has 1 fully saturated rings. The van der Waals surface area contributed by atoms with Crippen LogP contribution in [-0.4, -0.2) is 47.5 Å². The normalized spacial score (nSPS) is 19.6. The van der Waals surface area contributed by atoms with Crippen molar-refractivity contribution in [3.63, 3.8) is 0 Å². The van der Waals surface area contributed by atoms with E-state index in [1.807, 2.05) is 0 Å². The Labute approximate surface area is 125 Å². The number of carboxylic acid groups (broad SMARTS) is 2. The fourth-order valence-corrected chi connectivity index (χ4v) is 4.39. The molecule has 21 heavy (non-hydrogen) atoms. The summed E-state index contributed by atoms with van der Waals surface area (Å²) in [6, 6.07) is 2.14. The third-order valence-corrected chi connectivity index (χ3v) is 5.64. The Morgan fingerprint density at radius 1 is 1.29 bits per heavy atom. The zero-order valence-electron chi connectivity index (χ0n) is 10.7. The van der Waals surface area contributed by atoms with E-state index < -0.39 is 32.9 Å². The highest BCUT2D eigenvalue weighted by molar-refractivity contribution is 7.89. The third-order valence-electron chi connectivity index (χ3n) is 3.25. The highest BCUT2D eigenvalue weighted by Crippen LogP contribution is 2.31. The van der Waals surface area contributed by atoms with E-state index in [0.717, 1.165) is 10.4 Å². The van der Waals surface area contributed by atoms with Gasteiger partial charge in [-0.1, -0.05) is 11.6 Å². The van der Waals surface area contributed by atoms with Crippen molar-refractivity contribution in [1.29, 1.82) is 0 Å². The Bertz CT molecular complexity index is 702. The van der Waals surface area contributed by atoms with Crippen molar-refractivity contribution in [2.75, 3.05) is 6.54 Å². The highest BCUT2D eigenvalue weighted by Gasteiger charge is 2.40. The van der Waals surface area contributed by atoms with Crippen molar-refractivity contribution in [2.45, 2.75) is 23.8 Å². The number of benzene rings is 1. The van der Waals surface area contributed by atoms with Gasteiger partial charge in [-0.3, -0.25) is 4.79 Å². The van der Waals surface area contributed by atoms with E-state index >= 15 is 0 Å². The van der Waals surface area contributed by atoms with Gasteiger partial charge < -0.3 is 10.2 Å². The maximum atomic E-state index is 12.5. The summed E-state index contributed by atoms with van der Waals surface area (Å²) < 4.78 is 25.9. The monoisotopic (exact) mass is 333 g/mol. The molecule has 0 amide bonds. The largest absolute Gasteiger partial charge is 0.480 e. The van der Waals surface area contributed by atoms with Crippen molar-refractivity contribution >= 4 is 33.6 Å². The van der Waals surface area contributed by atoms with Crippen LogP contribution < -0.4 is 0 Å². The summed E-state index contributed by atoms with van der Waals surface area (Å²) in [4.78, 5) is 21.7. The second-order valence-electron chi connectivity index (χ2n) is 4.56. The number of aliphatic carboxylic acids is 1. The van der Waals surface area contributed by atoms with Crippen LogP contribution in [0.1, 0.15) is 23.2 Å². The van der Waals surface area contributed by atoms with E-state index in [1.165, 1.54) is 12.1 Å². The van der Waals surface area contributed by atoms with Crippen LogP contribution >= 0.6 is 11.6 Å². The fourth-order valence-electron chi connectivity index (χ4n) is 2.24. The topological polar surface area (TPSA) is 112 Å². The molecule has 1 saturated heterocycles. The first-order valence-electron chi connectivity index (χ1n) is 6.02. The van der Waals surface area contributed by atoms with Gasteiger partial charge in [0.25, 0.3) is 0 Å². The molecule has 1 atom stereocenters. The first kappa shape index (κ1) is 15.7. The first-order valence-corrected chi connectivity index (χ1v) is 7.84. The molecule has 0 aliphatic carbocycles. The predicted octanol–water partition coefficient (Wildman–Crippen LogP) is 1.28. The number of hydrogen-bond acceptors (Lipinski definition) is 4. The van der Waals surface area contributed by atoms with Gasteiger partial charge in [0, 0.05) is 6.54 Å². The minimum Gasteiger partial charge on any atom is -0.480 e. The van der Waals surface area contributed by atoms with Crippen molar-refractivity contribution < 1.29 is 28.2 Å². The number of nitrogens with zero attached hydrogens (tertiary/aromatic N) is 1. The predicted molar refractivity (Wildman–Crippen MR) is 73.0 cm³/mol. The number of hydrogen-bond donors (Lipinski definition) is 2. The SMILES string of the molecule is O=C(O)c1ccc(Cl)c(S(=O)(=O)N2CCCC2C(=O)O)c1. The number of carboxylic acids is 2. The van der Waals surface area contributed by atoms with Crippen molar-refractivity contribution in [3.8, 4) is 0 Å². The summed E-state index contributed by atoms with van der Waals surface area (Å²) in [5.41, 5.74) is -0.232. The van der Waals surface area contributed by atoms with Crippen LogP contribution in [0, 0.1) is 0 Å². The standard InChI is InChI=1S/C12H12ClNO6S/c13-8-4-3-7(11(15)16)6-10(8)21(19,20)14-5-1-2-9(14)12(17)18/h3-4,6,9H,1-2,5H2,(H,15,16)(H,17,18). The molecule has 2 rings (SSSR count). The molecule has 1 aromatic rings. The van der Waals surface area contributed by atoms with Crippen LogP contribution in [0.3, 0.4) is 0 Å². The molecule has 1 aliphatic heterocycles. The van der Waals surface area contributed by atoms with Crippen LogP contribution in [0.2, 0.25) is 5.02 Å². The average molecular weight is 334 g/mol. The van der Waals surface area contributed by atoms with Crippen LogP contribution in [0.5, 0.6) is 0 Å². The van der Waals surface area contributed by atoms with E-state index in [0.29, 0.717) is 6.42 Å². The van der Waals surface area contributed by atoms with Gasteiger partial charge in [-0.15, -0.1) is 0 Å². The molecule has 114 valence electrons. The van der Waals surface area contributed by atoms with Crippen LogP contribution in [0.4, 0.5) is 0 Å². The summed E-state index contributed by atoms with van der Waals surface area (Å²) in [6.07, 6.45) is 0.636. The van der Waals surface area contributed by atoms with Crippen LogP contribution in [0.25, 0.3) is 0 Å². The molecule has 1 aromatic carbocycles. The molecular formula is C12H12ClNO6S. The van der Waals surface area contributed by atoms with E-state index in [9.17, 15) is 18.0 Å². The Balaban J connectivity index is 2.51. The quantitative estimate of drug-likeness (QED) is 0.858. The van der Waals surface area contributed by atoms with Crippen molar-refractivity contribution in [3.05, 3.63) is 28.8 Å². The van der Waals surface area contributed by atoms with E-state index in [2.05, 4.69) is 0 Å². The lowest BCUT2D eigenvalue weighted by atomic mass is 10.2. The Kier molecular flexibility index (Phi) is 4.22. The maximum absolute atomic E-state index is 12.5. The zero-order valence-corrected chi connectivity index (χ0v) is 12.3. The molecule has 7 nitrogen and oxygen atoms in total. The van der Waals surface area contributed by atoms with Gasteiger partial charge in [-0.25, -0.2) is 13.2 Å². The lowest BCUT2D eigenvalue weighted by Gasteiger charge is -2.21. The van der Waals surface area contributed by atoms with Crippen LogP contribution in [-0.2, 0) is 14.8 Å². The summed E-state index contributed by atoms with van der Waals surface area (Å²) >= 11 is 5.84. The molecule has 1 unspecified atom stereocenters. The van der Waals surface area contributed by atoms with Gasteiger partial charge in [0.1, 0.15) is 10.9 Å². The Morgan fingerprint density at radius 3 is 2.52 bits per heavy atom. The Morgan fingerprint density at radius 2 is 1.95 bits per heavy atom. The minimum absolute atomic E-state index is 0.0624. The summed E-state index contributed by atoms with van der Waals surface area (Å²) in [6.45, 7) is 0.0624. The second kappa shape index (κ2) is 5.63. The van der Waals surface area contributed by atoms with E-state index in [-0.39, 0.29) is 23.6 Å². The van der Waals surface area contributed by atoms with Gasteiger partial charge in [0.05, 0.1) is 10.6 Å². The molecule has 2 N–H and O–H groups in total. The van der Waals surface area contributed by atoms with E-state index in [4.69, 9.17) is 21.8 Å². The van der Waals surface area contributed by atoms with Gasteiger partial charge in [-0.2, -0.15) is 4.31 Å². The molecule has 0 bridgehead atoms. The first-order chi connectivity index (χ1) is 9.75. The number of rotatable bonds is 4. The summed E-state index contributed by atoms with van der Waals surface area (Å²) in [5.74, 6) is -2.53. The average Bonchev–Trinajstić information content (AvgIpc) is 2.88. The highest BCUT2D eigenvalue weighted by atomic mass is 35.5. The molecule has 1 heterocycles. The summed E-state index contributed by atoms with van der Waals surface area (Å²) in [7, 11) is -4.16. The second-order valence-corrected chi connectivity index (χ2v) is 6.83. The number of halogens is 1.